The third-order valence-corrected chi connectivity index (χ3v) is 2.35. The summed E-state index contributed by atoms with van der Waals surface area (Å²) < 4.78 is 32.1. The molecule has 0 aliphatic heterocycles. The number of nitrogens with one attached hydrogen (secondary N) is 1. The van der Waals surface area contributed by atoms with E-state index in [4.69, 9.17) is 9.84 Å². The van der Waals surface area contributed by atoms with Crippen molar-refractivity contribution in [1.82, 2.24) is 5.32 Å². The highest BCUT2D eigenvalue weighted by Crippen LogP contribution is 2.25. The lowest BCUT2D eigenvalue weighted by Crippen LogP contribution is -2.26. The van der Waals surface area contributed by atoms with Crippen LogP contribution < -0.4 is 10.1 Å². The molecular formula is C12H15F2NO3. The maximum Gasteiger partial charge on any atom is 0.344 e. The van der Waals surface area contributed by atoms with Crippen molar-refractivity contribution >= 4 is 5.97 Å². The van der Waals surface area contributed by atoms with Crippen molar-refractivity contribution in [2.75, 3.05) is 7.05 Å². The van der Waals surface area contributed by atoms with E-state index in [2.05, 4.69) is 5.32 Å². The molecule has 100 valence electrons. The molecule has 1 unspecified atom stereocenters. The van der Waals surface area contributed by atoms with Crippen LogP contribution in [-0.4, -0.2) is 24.2 Å². The van der Waals surface area contributed by atoms with E-state index < -0.39 is 29.5 Å². The zero-order valence-electron chi connectivity index (χ0n) is 10.2. The van der Waals surface area contributed by atoms with E-state index in [1.807, 2.05) is 0 Å². The number of aliphatic carboxylic acids is 1. The van der Waals surface area contributed by atoms with Crippen molar-refractivity contribution < 1.29 is 23.4 Å². The molecule has 18 heavy (non-hydrogen) atoms. The Labute approximate surface area is 104 Å². The van der Waals surface area contributed by atoms with Crippen LogP contribution in [-0.2, 0) is 11.3 Å². The van der Waals surface area contributed by atoms with Crippen molar-refractivity contribution in [3.05, 3.63) is 29.3 Å². The van der Waals surface area contributed by atoms with Crippen molar-refractivity contribution in [3.8, 4) is 5.75 Å². The van der Waals surface area contributed by atoms with Gasteiger partial charge in [-0.2, -0.15) is 0 Å². The van der Waals surface area contributed by atoms with E-state index >= 15 is 0 Å². The Balaban J connectivity index is 2.99. The summed E-state index contributed by atoms with van der Waals surface area (Å²) in [4.78, 5) is 10.7. The molecule has 0 radical (unpaired) electrons. The normalized spacial score (nSPS) is 12.2. The Hall–Kier alpha value is -1.69. The lowest BCUT2D eigenvalue weighted by molar-refractivity contribution is -0.145. The summed E-state index contributed by atoms with van der Waals surface area (Å²) in [7, 11) is 1.65. The third kappa shape index (κ3) is 3.40. The molecule has 0 aromatic heterocycles. The van der Waals surface area contributed by atoms with Gasteiger partial charge >= 0.3 is 5.97 Å². The first kappa shape index (κ1) is 14.4. The fraction of sp³-hybridized carbons (Fsp3) is 0.417. The predicted octanol–water partition coefficient (Wildman–Crippen LogP) is 1.93. The van der Waals surface area contributed by atoms with Crippen LogP contribution >= 0.6 is 0 Å². The lowest BCUT2D eigenvalue weighted by atomic mass is 10.2. The SMILES string of the molecule is CCC(Oc1c(F)cc(CNC)cc1F)C(=O)O. The van der Waals surface area contributed by atoms with Crippen LogP contribution in [0, 0.1) is 11.6 Å². The van der Waals surface area contributed by atoms with Gasteiger partial charge in [-0.1, -0.05) is 6.92 Å². The van der Waals surface area contributed by atoms with Crippen LogP contribution in [0.5, 0.6) is 5.75 Å². The molecule has 0 aliphatic carbocycles. The average Bonchev–Trinajstić information content (AvgIpc) is 2.28. The number of carboxylic acid groups (broad SMARTS) is 1. The second-order valence-electron chi connectivity index (χ2n) is 3.77. The molecule has 0 saturated carbocycles. The van der Waals surface area contributed by atoms with Gasteiger partial charge in [-0.3, -0.25) is 0 Å². The summed E-state index contributed by atoms with van der Waals surface area (Å²) >= 11 is 0. The minimum atomic E-state index is -1.26. The van der Waals surface area contributed by atoms with Crippen molar-refractivity contribution in [3.63, 3.8) is 0 Å². The Morgan fingerprint density at radius 1 is 1.44 bits per heavy atom. The molecule has 0 spiro atoms. The first-order valence-corrected chi connectivity index (χ1v) is 5.51. The maximum absolute atomic E-state index is 13.6. The Kier molecular flexibility index (Phi) is 5.03. The molecule has 0 heterocycles. The molecular weight excluding hydrogens is 244 g/mol. The van der Waals surface area contributed by atoms with Crippen LogP contribution in [0.2, 0.25) is 0 Å². The van der Waals surface area contributed by atoms with Crippen LogP contribution in [0.1, 0.15) is 18.9 Å². The summed E-state index contributed by atoms with van der Waals surface area (Å²) in [6.07, 6.45) is -1.14. The molecule has 4 nitrogen and oxygen atoms in total. The third-order valence-electron chi connectivity index (χ3n) is 2.35. The Bertz CT molecular complexity index is 414. The molecule has 1 aromatic rings. The smallest absolute Gasteiger partial charge is 0.344 e. The van der Waals surface area contributed by atoms with E-state index in [-0.39, 0.29) is 6.42 Å². The van der Waals surface area contributed by atoms with Crippen LogP contribution in [0.3, 0.4) is 0 Å². The van der Waals surface area contributed by atoms with Gasteiger partial charge in [0.05, 0.1) is 0 Å². The minimum Gasteiger partial charge on any atom is -0.479 e. The predicted molar refractivity (Wildman–Crippen MR) is 61.5 cm³/mol. The number of carbonyl (C=O) groups is 1. The first-order chi connectivity index (χ1) is 8.49. The molecule has 0 amide bonds. The molecule has 1 aromatic carbocycles. The number of ether oxygens (including phenoxy) is 1. The summed E-state index contributed by atoms with van der Waals surface area (Å²) in [6, 6.07) is 2.23. The lowest BCUT2D eigenvalue weighted by Gasteiger charge is -2.15. The average molecular weight is 259 g/mol. The van der Waals surface area contributed by atoms with E-state index in [0.717, 1.165) is 12.1 Å². The zero-order chi connectivity index (χ0) is 13.7. The fourth-order valence-electron chi connectivity index (χ4n) is 1.48. The van der Waals surface area contributed by atoms with Gasteiger partial charge in [0, 0.05) is 6.54 Å². The standard InChI is InChI=1S/C12H15F2NO3/c1-3-10(12(16)17)18-11-8(13)4-7(6-15-2)5-9(11)14/h4-5,10,15H,3,6H2,1-2H3,(H,16,17). The number of benzene rings is 1. The molecule has 0 saturated heterocycles. The highest BCUT2D eigenvalue weighted by Gasteiger charge is 2.21. The van der Waals surface area contributed by atoms with E-state index in [1.54, 1.807) is 14.0 Å². The molecule has 0 bridgehead atoms. The second kappa shape index (κ2) is 6.30. The van der Waals surface area contributed by atoms with E-state index in [9.17, 15) is 13.6 Å². The van der Waals surface area contributed by atoms with Crippen molar-refractivity contribution in [2.45, 2.75) is 26.0 Å². The monoisotopic (exact) mass is 259 g/mol. The summed E-state index contributed by atoms with van der Waals surface area (Å²) in [5.74, 6) is -3.71. The molecule has 1 rings (SSSR count). The van der Waals surface area contributed by atoms with Crippen molar-refractivity contribution in [1.29, 1.82) is 0 Å². The molecule has 1 atom stereocenters. The minimum absolute atomic E-state index is 0.118. The van der Waals surface area contributed by atoms with Gasteiger partial charge in [0.1, 0.15) is 0 Å². The molecule has 2 N–H and O–H groups in total. The number of halogens is 2. The molecule has 0 aliphatic rings. The van der Waals surface area contributed by atoms with Gasteiger partial charge in [0.25, 0.3) is 0 Å². The van der Waals surface area contributed by atoms with E-state index in [0.29, 0.717) is 12.1 Å². The van der Waals surface area contributed by atoms with Crippen LogP contribution in [0.15, 0.2) is 12.1 Å². The number of hydrogen-bond donors (Lipinski definition) is 2. The molecule has 6 heteroatoms. The number of carboxylic acids is 1. The highest BCUT2D eigenvalue weighted by molar-refractivity contribution is 5.72. The Morgan fingerprint density at radius 3 is 2.39 bits per heavy atom. The van der Waals surface area contributed by atoms with Crippen molar-refractivity contribution in [2.24, 2.45) is 0 Å². The first-order valence-electron chi connectivity index (χ1n) is 5.51. The zero-order valence-corrected chi connectivity index (χ0v) is 10.2. The Morgan fingerprint density at radius 2 is 2.00 bits per heavy atom. The van der Waals surface area contributed by atoms with Crippen LogP contribution in [0.25, 0.3) is 0 Å². The van der Waals surface area contributed by atoms with Gasteiger partial charge < -0.3 is 15.2 Å². The van der Waals surface area contributed by atoms with Gasteiger partial charge in [-0.25, -0.2) is 13.6 Å². The topological polar surface area (TPSA) is 58.6 Å². The van der Waals surface area contributed by atoms with E-state index in [1.165, 1.54) is 0 Å². The van der Waals surface area contributed by atoms with Gasteiger partial charge in [0.15, 0.2) is 23.5 Å². The van der Waals surface area contributed by atoms with Gasteiger partial charge in [-0.05, 0) is 31.2 Å². The second-order valence-corrected chi connectivity index (χ2v) is 3.77. The fourth-order valence-corrected chi connectivity index (χ4v) is 1.48. The molecule has 0 fully saturated rings. The summed E-state index contributed by atoms with van der Waals surface area (Å²) in [5.41, 5.74) is 0.420. The highest BCUT2D eigenvalue weighted by atomic mass is 19.1. The largest absolute Gasteiger partial charge is 0.479 e. The maximum atomic E-state index is 13.6. The number of hydrogen-bond acceptors (Lipinski definition) is 3. The summed E-state index contributed by atoms with van der Waals surface area (Å²) in [5, 5.41) is 11.5. The van der Waals surface area contributed by atoms with Gasteiger partial charge in [0.2, 0.25) is 0 Å². The van der Waals surface area contributed by atoms with Gasteiger partial charge in [-0.15, -0.1) is 0 Å². The quantitative estimate of drug-likeness (QED) is 0.819. The summed E-state index contributed by atoms with van der Waals surface area (Å²) in [6.45, 7) is 1.87. The number of rotatable bonds is 6. The van der Waals surface area contributed by atoms with Crippen LogP contribution in [0.4, 0.5) is 8.78 Å².